The zero-order valence-electron chi connectivity index (χ0n) is 15.0. The number of carbonyl (C=O) groups excluding carboxylic acids is 1. The average molecular weight is 353 g/mol. The molecule has 8 heteroatoms. The fraction of sp³-hybridized carbons (Fsp3) is 0.222. The maximum Gasteiger partial charge on any atom is 0.349 e. The average Bonchev–Trinajstić information content (AvgIpc) is 2.60. The molecule has 0 spiro atoms. The van der Waals surface area contributed by atoms with Crippen molar-refractivity contribution >= 4 is 34.3 Å². The Balaban J connectivity index is 1.98. The predicted octanol–water partition coefficient (Wildman–Crippen LogP) is 1.97. The number of aromatic nitrogens is 2. The zero-order valence-corrected chi connectivity index (χ0v) is 15.0. The number of nitrogens with one attached hydrogen (secondary N) is 1. The van der Waals surface area contributed by atoms with E-state index >= 15 is 0 Å². The van der Waals surface area contributed by atoms with Crippen LogP contribution in [0, 0.1) is 0 Å². The summed E-state index contributed by atoms with van der Waals surface area (Å²) in [5.41, 5.74) is 0.0587. The summed E-state index contributed by atoms with van der Waals surface area (Å²) in [5.74, 6) is 0.466. The highest BCUT2D eigenvalue weighted by Gasteiger charge is 2.18. The number of nitrogens with zero attached hydrogens (tertiary/aromatic N) is 4. The van der Waals surface area contributed by atoms with Crippen molar-refractivity contribution in [3.8, 4) is 0 Å². The van der Waals surface area contributed by atoms with Gasteiger partial charge in [-0.25, -0.2) is 9.78 Å². The summed E-state index contributed by atoms with van der Waals surface area (Å²) in [4.78, 5) is 36.9. The van der Waals surface area contributed by atoms with E-state index in [-0.39, 0.29) is 5.56 Å². The van der Waals surface area contributed by atoms with Gasteiger partial charge in [-0.2, -0.15) is 4.98 Å². The number of rotatable bonds is 4. The predicted molar refractivity (Wildman–Crippen MR) is 101 cm³/mol. The van der Waals surface area contributed by atoms with E-state index in [4.69, 9.17) is 4.42 Å². The van der Waals surface area contributed by atoms with Crippen LogP contribution < -0.4 is 20.7 Å². The second kappa shape index (κ2) is 6.83. The Bertz CT molecular complexity index is 1030. The summed E-state index contributed by atoms with van der Waals surface area (Å²) >= 11 is 0. The van der Waals surface area contributed by atoms with E-state index in [1.54, 1.807) is 28.0 Å². The van der Waals surface area contributed by atoms with Gasteiger partial charge in [0, 0.05) is 33.6 Å². The standard InChI is InChI=1S/C18H19N5O3/c1-22(2)15-13(10-19-18(21-15)23(3)4)20-16(24)12-9-11-7-5-6-8-14(11)26-17(12)25/h5-10H,1-4H3,(H,20,24). The minimum absolute atomic E-state index is 0.0786. The number of carbonyl (C=O) groups is 1. The van der Waals surface area contributed by atoms with Crippen molar-refractivity contribution in [1.29, 1.82) is 0 Å². The van der Waals surface area contributed by atoms with Crippen LogP contribution in [0.5, 0.6) is 0 Å². The van der Waals surface area contributed by atoms with Gasteiger partial charge in [0.05, 0.1) is 6.20 Å². The van der Waals surface area contributed by atoms with E-state index in [2.05, 4.69) is 15.3 Å². The van der Waals surface area contributed by atoms with Crippen LogP contribution >= 0.6 is 0 Å². The lowest BCUT2D eigenvalue weighted by Gasteiger charge is -2.19. The van der Waals surface area contributed by atoms with E-state index in [0.29, 0.717) is 28.4 Å². The van der Waals surface area contributed by atoms with Crippen molar-refractivity contribution in [3.63, 3.8) is 0 Å². The Morgan fingerprint density at radius 3 is 2.54 bits per heavy atom. The highest BCUT2D eigenvalue weighted by molar-refractivity contribution is 6.06. The molecule has 134 valence electrons. The van der Waals surface area contributed by atoms with Gasteiger partial charge < -0.3 is 19.5 Å². The molecule has 3 aromatic rings. The summed E-state index contributed by atoms with van der Waals surface area (Å²) in [6, 6.07) is 8.53. The van der Waals surface area contributed by atoms with Gasteiger partial charge in [-0.1, -0.05) is 18.2 Å². The Morgan fingerprint density at radius 2 is 1.85 bits per heavy atom. The SMILES string of the molecule is CN(C)c1ncc(NC(=O)c2cc3ccccc3oc2=O)c(N(C)C)n1. The van der Waals surface area contributed by atoms with Gasteiger partial charge in [0.1, 0.15) is 16.8 Å². The second-order valence-corrected chi connectivity index (χ2v) is 6.14. The van der Waals surface area contributed by atoms with Crippen LogP contribution in [-0.2, 0) is 0 Å². The third kappa shape index (κ3) is 3.34. The first-order chi connectivity index (χ1) is 12.4. The first kappa shape index (κ1) is 17.4. The lowest BCUT2D eigenvalue weighted by Crippen LogP contribution is -2.24. The third-order valence-corrected chi connectivity index (χ3v) is 3.71. The molecule has 3 rings (SSSR count). The largest absolute Gasteiger partial charge is 0.422 e. The topological polar surface area (TPSA) is 91.6 Å². The van der Waals surface area contributed by atoms with Crippen LogP contribution in [-0.4, -0.2) is 44.1 Å². The molecule has 0 saturated heterocycles. The van der Waals surface area contributed by atoms with E-state index in [9.17, 15) is 9.59 Å². The molecule has 2 heterocycles. The van der Waals surface area contributed by atoms with Gasteiger partial charge >= 0.3 is 5.63 Å². The Kier molecular flexibility index (Phi) is 4.57. The quantitative estimate of drug-likeness (QED) is 0.717. The molecule has 0 bridgehead atoms. The monoisotopic (exact) mass is 353 g/mol. The highest BCUT2D eigenvalue weighted by atomic mass is 16.4. The Morgan fingerprint density at radius 1 is 1.12 bits per heavy atom. The van der Waals surface area contributed by atoms with Crippen molar-refractivity contribution < 1.29 is 9.21 Å². The first-order valence-electron chi connectivity index (χ1n) is 7.92. The van der Waals surface area contributed by atoms with Crippen molar-refractivity contribution in [1.82, 2.24) is 9.97 Å². The minimum Gasteiger partial charge on any atom is -0.422 e. The summed E-state index contributed by atoms with van der Waals surface area (Å²) in [7, 11) is 7.27. The van der Waals surface area contributed by atoms with Crippen molar-refractivity contribution in [2.45, 2.75) is 0 Å². The maximum absolute atomic E-state index is 12.6. The number of fused-ring (bicyclic) bond motifs is 1. The molecule has 0 atom stereocenters. The molecule has 8 nitrogen and oxygen atoms in total. The number of benzene rings is 1. The number of hydrogen-bond acceptors (Lipinski definition) is 7. The summed E-state index contributed by atoms with van der Waals surface area (Å²) in [6.45, 7) is 0. The number of amides is 1. The van der Waals surface area contributed by atoms with Crippen molar-refractivity contribution in [2.24, 2.45) is 0 Å². The smallest absolute Gasteiger partial charge is 0.349 e. The fourth-order valence-electron chi connectivity index (χ4n) is 2.42. The second-order valence-electron chi connectivity index (χ2n) is 6.14. The van der Waals surface area contributed by atoms with E-state index < -0.39 is 11.5 Å². The van der Waals surface area contributed by atoms with Crippen LogP contribution in [0.1, 0.15) is 10.4 Å². The molecule has 0 aliphatic rings. The molecule has 0 aliphatic carbocycles. The molecule has 1 aromatic carbocycles. The molecule has 1 amide bonds. The van der Waals surface area contributed by atoms with Crippen LogP contribution in [0.25, 0.3) is 11.0 Å². The van der Waals surface area contributed by atoms with Gasteiger partial charge in [0.2, 0.25) is 5.95 Å². The maximum atomic E-state index is 12.6. The van der Waals surface area contributed by atoms with Gasteiger partial charge in [0.15, 0.2) is 5.82 Å². The Labute approximate surface area is 150 Å². The number of para-hydroxylation sites is 1. The summed E-state index contributed by atoms with van der Waals surface area (Å²) < 4.78 is 5.22. The molecule has 0 saturated carbocycles. The molecule has 0 radical (unpaired) electrons. The fourth-order valence-corrected chi connectivity index (χ4v) is 2.42. The lowest BCUT2D eigenvalue weighted by molar-refractivity contribution is 0.102. The molecule has 0 unspecified atom stereocenters. The van der Waals surface area contributed by atoms with Crippen molar-refractivity contribution in [3.05, 3.63) is 52.5 Å². The molecule has 2 aromatic heterocycles. The zero-order chi connectivity index (χ0) is 18.8. The van der Waals surface area contributed by atoms with Crippen LogP contribution in [0.15, 0.2) is 45.7 Å². The molecule has 26 heavy (non-hydrogen) atoms. The normalized spacial score (nSPS) is 10.6. The highest BCUT2D eigenvalue weighted by Crippen LogP contribution is 2.23. The van der Waals surface area contributed by atoms with Crippen molar-refractivity contribution in [2.75, 3.05) is 43.3 Å². The van der Waals surface area contributed by atoms with E-state index in [1.807, 2.05) is 34.3 Å². The number of anilines is 3. The molecular formula is C18H19N5O3. The molecular weight excluding hydrogens is 334 g/mol. The summed E-state index contributed by atoms with van der Waals surface area (Å²) in [5, 5.41) is 3.37. The summed E-state index contributed by atoms with van der Waals surface area (Å²) in [6.07, 6.45) is 1.51. The molecule has 1 N–H and O–H groups in total. The molecule has 0 aliphatic heterocycles. The molecule has 0 fully saturated rings. The first-order valence-corrected chi connectivity index (χ1v) is 7.92. The van der Waals surface area contributed by atoms with Crippen LogP contribution in [0.4, 0.5) is 17.5 Å². The van der Waals surface area contributed by atoms with E-state index in [0.717, 1.165) is 0 Å². The van der Waals surface area contributed by atoms with Gasteiger partial charge in [0.25, 0.3) is 5.91 Å². The number of hydrogen-bond donors (Lipinski definition) is 1. The minimum atomic E-state index is -0.696. The van der Waals surface area contributed by atoms with Gasteiger partial charge in [-0.05, 0) is 12.1 Å². The van der Waals surface area contributed by atoms with E-state index in [1.165, 1.54) is 12.3 Å². The van der Waals surface area contributed by atoms with Crippen LogP contribution in [0.3, 0.4) is 0 Å². The van der Waals surface area contributed by atoms with Gasteiger partial charge in [-0.3, -0.25) is 4.79 Å². The Hall–Kier alpha value is -3.42. The third-order valence-electron chi connectivity index (χ3n) is 3.71. The van der Waals surface area contributed by atoms with Crippen LogP contribution in [0.2, 0.25) is 0 Å². The lowest BCUT2D eigenvalue weighted by atomic mass is 10.2. The van der Waals surface area contributed by atoms with Gasteiger partial charge in [-0.15, -0.1) is 0 Å².